The average molecular weight is 213 g/mol. The molecule has 0 bridgehead atoms. The lowest BCUT2D eigenvalue weighted by atomic mass is 9.88. The molecule has 88 valence electrons. The van der Waals surface area contributed by atoms with Gasteiger partial charge in [-0.25, -0.2) is 0 Å². The maximum absolute atomic E-state index is 6.29. The molecule has 2 saturated heterocycles. The first-order valence-electron chi connectivity index (χ1n) is 6.04. The van der Waals surface area contributed by atoms with Gasteiger partial charge >= 0.3 is 0 Å². The van der Waals surface area contributed by atoms with Gasteiger partial charge in [0.05, 0.1) is 12.7 Å². The third kappa shape index (κ3) is 2.91. The zero-order valence-corrected chi connectivity index (χ0v) is 9.61. The smallest absolute Gasteiger partial charge is 0.0853 e. The lowest BCUT2D eigenvalue weighted by Crippen LogP contribution is -2.54. The van der Waals surface area contributed by atoms with E-state index in [0.29, 0.717) is 5.92 Å². The summed E-state index contributed by atoms with van der Waals surface area (Å²) in [4.78, 5) is 2.38. The fraction of sp³-hybridized carbons (Fsp3) is 1.00. The van der Waals surface area contributed by atoms with Crippen LogP contribution in [0, 0.1) is 5.92 Å². The van der Waals surface area contributed by atoms with Crippen LogP contribution in [0.15, 0.2) is 0 Å². The van der Waals surface area contributed by atoms with Crippen molar-refractivity contribution >= 4 is 0 Å². The molecule has 0 radical (unpaired) electrons. The highest BCUT2D eigenvalue weighted by atomic mass is 16.5. The SMILES string of the molecule is CN1CCCC(C(N)C2CNCCO2)C1. The summed E-state index contributed by atoms with van der Waals surface area (Å²) < 4.78 is 5.72. The van der Waals surface area contributed by atoms with Crippen molar-refractivity contribution < 1.29 is 4.74 Å². The van der Waals surface area contributed by atoms with Crippen LogP contribution in [0.4, 0.5) is 0 Å². The van der Waals surface area contributed by atoms with Crippen LogP contribution in [-0.4, -0.2) is 56.9 Å². The number of morpholine rings is 1. The van der Waals surface area contributed by atoms with E-state index in [4.69, 9.17) is 10.5 Å². The van der Waals surface area contributed by atoms with Crippen LogP contribution in [0.2, 0.25) is 0 Å². The maximum atomic E-state index is 6.29. The summed E-state index contributed by atoms with van der Waals surface area (Å²) in [6.07, 6.45) is 2.75. The Morgan fingerprint density at radius 2 is 2.40 bits per heavy atom. The van der Waals surface area contributed by atoms with Gasteiger partial charge in [0.15, 0.2) is 0 Å². The van der Waals surface area contributed by atoms with Gasteiger partial charge in [-0.3, -0.25) is 0 Å². The lowest BCUT2D eigenvalue weighted by Gasteiger charge is -2.38. The average Bonchev–Trinajstić information content (AvgIpc) is 2.29. The molecule has 4 nitrogen and oxygen atoms in total. The molecule has 2 aliphatic heterocycles. The van der Waals surface area contributed by atoms with Crippen molar-refractivity contribution in [3.05, 3.63) is 0 Å². The lowest BCUT2D eigenvalue weighted by molar-refractivity contribution is -0.00806. The van der Waals surface area contributed by atoms with Crippen LogP contribution < -0.4 is 11.1 Å². The van der Waals surface area contributed by atoms with Crippen molar-refractivity contribution in [1.29, 1.82) is 0 Å². The van der Waals surface area contributed by atoms with Crippen LogP contribution in [0.1, 0.15) is 12.8 Å². The predicted molar refractivity (Wildman–Crippen MR) is 60.8 cm³/mol. The van der Waals surface area contributed by atoms with Crippen LogP contribution >= 0.6 is 0 Å². The van der Waals surface area contributed by atoms with Gasteiger partial charge in [0.1, 0.15) is 0 Å². The van der Waals surface area contributed by atoms with Gasteiger partial charge in [-0.05, 0) is 32.4 Å². The van der Waals surface area contributed by atoms with Gasteiger partial charge in [-0.15, -0.1) is 0 Å². The molecule has 15 heavy (non-hydrogen) atoms. The summed E-state index contributed by atoms with van der Waals surface area (Å²) in [7, 11) is 2.18. The molecule has 2 heterocycles. The third-order valence-corrected chi connectivity index (χ3v) is 3.59. The number of nitrogens with two attached hydrogens (primary N) is 1. The van der Waals surface area contributed by atoms with Gasteiger partial charge in [-0.2, -0.15) is 0 Å². The zero-order chi connectivity index (χ0) is 10.7. The molecule has 0 aromatic heterocycles. The van der Waals surface area contributed by atoms with Crippen LogP contribution in [0.25, 0.3) is 0 Å². The Balaban J connectivity index is 1.85. The number of likely N-dealkylation sites (tertiary alicyclic amines) is 1. The number of hydrogen-bond donors (Lipinski definition) is 2. The topological polar surface area (TPSA) is 50.5 Å². The van der Waals surface area contributed by atoms with Crippen molar-refractivity contribution in [3.8, 4) is 0 Å². The highest BCUT2D eigenvalue weighted by molar-refractivity contribution is 4.87. The Kier molecular flexibility index (Phi) is 3.97. The number of ether oxygens (including phenoxy) is 1. The Bertz CT molecular complexity index is 194. The molecular formula is C11H23N3O. The van der Waals surface area contributed by atoms with E-state index < -0.39 is 0 Å². The highest BCUT2D eigenvalue weighted by Gasteiger charge is 2.30. The van der Waals surface area contributed by atoms with Gasteiger partial charge in [0, 0.05) is 25.7 Å². The van der Waals surface area contributed by atoms with E-state index in [-0.39, 0.29) is 12.1 Å². The summed E-state index contributed by atoms with van der Waals surface area (Å²) in [5.74, 6) is 0.605. The number of rotatable bonds is 2. The minimum atomic E-state index is 0.195. The molecule has 0 saturated carbocycles. The summed E-state index contributed by atoms with van der Waals surface area (Å²) in [5.41, 5.74) is 6.29. The largest absolute Gasteiger partial charge is 0.374 e. The second kappa shape index (κ2) is 5.25. The Hall–Kier alpha value is -0.160. The summed E-state index contributed by atoms with van der Waals surface area (Å²) in [5, 5.41) is 3.35. The van der Waals surface area contributed by atoms with Crippen LogP contribution in [0.3, 0.4) is 0 Å². The second-order valence-electron chi connectivity index (χ2n) is 4.86. The molecule has 4 heteroatoms. The molecule has 0 aromatic rings. The number of piperidine rings is 1. The number of nitrogens with one attached hydrogen (secondary N) is 1. The normalized spacial score (nSPS) is 36.4. The Morgan fingerprint density at radius 3 is 3.07 bits per heavy atom. The fourth-order valence-corrected chi connectivity index (χ4v) is 2.66. The minimum absolute atomic E-state index is 0.195. The molecule has 2 rings (SSSR count). The van der Waals surface area contributed by atoms with Crippen LogP contribution in [0.5, 0.6) is 0 Å². The predicted octanol–water partition coefficient (Wildman–Crippen LogP) is -0.356. The molecule has 2 fully saturated rings. The van der Waals surface area contributed by atoms with Crippen molar-refractivity contribution in [2.75, 3.05) is 39.8 Å². The van der Waals surface area contributed by atoms with Crippen molar-refractivity contribution in [1.82, 2.24) is 10.2 Å². The van der Waals surface area contributed by atoms with E-state index in [1.165, 1.54) is 19.4 Å². The van der Waals surface area contributed by atoms with E-state index in [1.54, 1.807) is 0 Å². The quantitative estimate of drug-likeness (QED) is 0.658. The third-order valence-electron chi connectivity index (χ3n) is 3.59. The van der Waals surface area contributed by atoms with Crippen molar-refractivity contribution in [2.45, 2.75) is 25.0 Å². The number of hydrogen-bond acceptors (Lipinski definition) is 4. The fourth-order valence-electron chi connectivity index (χ4n) is 2.66. The molecule has 3 unspecified atom stereocenters. The zero-order valence-electron chi connectivity index (χ0n) is 9.61. The summed E-state index contributed by atoms with van der Waals surface area (Å²) in [6, 6.07) is 0.195. The summed E-state index contributed by atoms with van der Waals surface area (Å²) >= 11 is 0. The molecule has 3 atom stereocenters. The van der Waals surface area contributed by atoms with Crippen LogP contribution in [-0.2, 0) is 4.74 Å². The Labute approximate surface area is 92.1 Å². The van der Waals surface area contributed by atoms with Gasteiger partial charge in [-0.1, -0.05) is 0 Å². The van der Waals surface area contributed by atoms with Gasteiger partial charge in [0.25, 0.3) is 0 Å². The van der Waals surface area contributed by atoms with Crippen molar-refractivity contribution in [3.63, 3.8) is 0 Å². The standard InChI is InChI=1S/C11H23N3O/c1-14-5-2-3-9(8-14)11(12)10-7-13-4-6-15-10/h9-11,13H,2-8,12H2,1H3. The molecule has 0 aliphatic carbocycles. The van der Waals surface area contributed by atoms with E-state index in [9.17, 15) is 0 Å². The monoisotopic (exact) mass is 213 g/mol. The molecule has 0 spiro atoms. The van der Waals surface area contributed by atoms with E-state index in [1.807, 2.05) is 0 Å². The second-order valence-corrected chi connectivity index (χ2v) is 4.86. The first-order valence-corrected chi connectivity index (χ1v) is 6.04. The maximum Gasteiger partial charge on any atom is 0.0853 e. The van der Waals surface area contributed by atoms with E-state index in [0.717, 1.165) is 26.2 Å². The first kappa shape index (κ1) is 11.3. The van der Waals surface area contributed by atoms with Gasteiger partial charge in [0.2, 0.25) is 0 Å². The summed E-state index contributed by atoms with van der Waals surface area (Å²) in [6.45, 7) is 5.03. The first-order chi connectivity index (χ1) is 7.27. The molecule has 2 aliphatic rings. The highest BCUT2D eigenvalue weighted by Crippen LogP contribution is 2.20. The molecule has 0 aromatic carbocycles. The molecule has 3 N–H and O–H groups in total. The Morgan fingerprint density at radius 1 is 1.53 bits per heavy atom. The number of nitrogens with zero attached hydrogens (tertiary/aromatic N) is 1. The molecular weight excluding hydrogens is 190 g/mol. The minimum Gasteiger partial charge on any atom is -0.374 e. The van der Waals surface area contributed by atoms with E-state index in [2.05, 4.69) is 17.3 Å². The molecule has 0 amide bonds. The van der Waals surface area contributed by atoms with E-state index >= 15 is 0 Å². The van der Waals surface area contributed by atoms with Crippen molar-refractivity contribution in [2.24, 2.45) is 11.7 Å². The van der Waals surface area contributed by atoms with Gasteiger partial charge < -0.3 is 20.7 Å².